The largest absolute Gasteiger partial charge is 0.459 e. The Labute approximate surface area is 83.9 Å². The van der Waals surface area contributed by atoms with Crippen LogP contribution in [0, 0.1) is 6.92 Å². The molecule has 0 unspecified atom stereocenters. The highest BCUT2D eigenvalue weighted by molar-refractivity contribution is 5.69. The van der Waals surface area contributed by atoms with Gasteiger partial charge in [-0.15, -0.1) is 0 Å². The van der Waals surface area contributed by atoms with Crippen LogP contribution in [0.2, 0.25) is 0 Å². The van der Waals surface area contributed by atoms with Gasteiger partial charge in [0.25, 0.3) is 0 Å². The average molecular weight is 196 g/mol. The zero-order valence-corrected chi connectivity index (χ0v) is 9.07. The van der Waals surface area contributed by atoms with E-state index in [1.807, 2.05) is 27.7 Å². The SMILES string of the molecule is Cc1cncn1CC(=O)OC(C)(C)C. The van der Waals surface area contributed by atoms with Crippen LogP contribution in [0.1, 0.15) is 26.5 Å². The van der Waals surface area contributed by atoms with Gasteiger partial charge in [-0.1, -0.05) is 0 Å². The first-order chi connectivity index (χ1) is 6.38. The van der Waals surface area contributed by atoms with Crippen LogP contribution in [-0.2, 0) is 16.1 Å². The van der Waals surface area contributed by atoms with Crippen LogP contribution in [0.15, 0.2) is 12.5 Å². The maximum absolute atomic E-state index is 11.4. The fourth-order valence-electron chi connectivity index (χ4n) is 1.07. The standard InChI is InChI=1S/C10H16N2O2/c1-8-5-11-7-12(8)6-9(13)14-10(2,3)4/h5,7H,6H2,1-4H3. The third-order valence-corrected chi connectivity index (χ3v) is 1.64. The second-order valence-corrected chi connectivity index (χ2v) is 4.25. The van der Waals surface area contributed by atoms with Gasteiger partial charge in [0.15, 0.2) is 0 Å². The minimum Gasteiger partial charge on any atom is -0.459 e. The van der Waals surface area contributed by atoms with Crippen molar-refractivity contribution >= 4 is 5.97 Å². The number of nitrogens with zero attached hydrogens (tertiary/aromatic N) is 2. The lowest BCUT2D eigenvalue weighted by atomic mass is 10.2. The van der Waals surface area contributed by atoms with Crippen LogP contribution in [0.5, 0.6) is 0 Å². The summed E-state index contributed by atoms with van der Waals surface area (Å²) >= 11 is 0. The summed E-state index contributed by atoms with van der Waals surface area (Å²) in [6, 6.07) is 0. The molecule has 0 aliphatic carbocycles. The Hall–Kier alpha value is -1.32. The third-order valence-electron chi connectivity index (χ3n) is 1.64. The molecule has 4 heteroatoms. The zero-order chi connectivity index (χ0) is 10.8. The van der Waals surface area contributed by atoms with Crippen LogP contribution in [0.4, 0.5) is 0 Å². The van der Waals surface area contributed by atoms with Crippen molar-refractivity contribution in [3.63, 3.8) is 0 Å². The molecule has 1 heterocycles. The van der Waals surface area contributed by atoms with Gasteiger partial charge in [0, 0.05) is 11.9 Å². The lowest BCUT2D eigenvalue weighted by Gasteiger charge is -2.19. The van der Waals surface area contributed by atoms with Gasteiger partial charge < -0.3 is 9.30 Å². The minimum absolute atomic E-state index is 0.225. The molecule has 1 rings (SSSR count). The third kappa shape index (κ3) is 3.20. The quantitative estimate of drug-likeness (QED) is 0.674. The number of aryl methyl sites for hydroxylation is 1. The summed E-state index contributed by atoms with van der Waals surface area (Å²) in [4.78, 5) is 15.3. The normalized spacial score (nSPS) is 11.4. The smallest absolute Gasteiger partial charge is 0.326 e. The minimum atomic E-state index is -0.425. The Kier molecular flexibility index (Phi) is 2.93. The van der Waals surface area contributed by atoms with Gasteiger partial charge in [-0.3, -0.25) is 4.79 Å². The molecule has 0 atom stereocenters. The van der Waals surface area contributed by atoms with E-state index >= 15 is 0 Å². The molecule has 4 nitrogen and oxygen atoms in total. The molecule has 1 aromatic rings. The first-order valence-electron chi connectivity index (χ1n) is 4.57. The van der Waals surface area contributed by atoms with Crippen molar-refractivity contribution in [2.45, 2.75) is 39.8 Å². The molecule has 0 aliphatic heterocycles. The Morgan fingerprint density at radius 3 is 2.64 bits per heavy atom. The lowest BCUT2D eigenvalue weighted by Crippen LogP contribution is -2.26. The number of imidazole rings is 1. The Morgan fingerprint density at radius 2 is 2.21 bits per heavy atom. The van der Waals surface area contributed by atoms with Gasteiger partial charge in [0.1, 0.15) is 12.1 Å². The summed E-state index contributed by atoms with van der Waals surface area (Å²) in [6.07, 6.45) is 3.34. The van der Waals surface area contributed by atoms with Gasteiger partial charge in [-0.25, -0.2) is 4.98 Å². The summed E-state index contributed by atoms with van der Waals surface area (Å²) in [6.45, 7) is 7.68. The van der Waals surface area contributed by atoms with Gasteiger partial charge >= 0.3 is 5.97 Å². The summed E-state index contributed by atoms with van der Waals surface area (Å²) in [5.74, 6) is -0.237. The Morgan fingerprint density at radius 1 is 1.57 bits per heavy atom. The summed E-state index contributed by atoms with van der Waals surface area (Å²) in [7, 11) is 0. The lowest BCUT2D eigenvalue weighted by molar-refractivity contribution is -0.155. The number of esters is 1. The molecular formula is C10H16N2O2. The molecular weight excluding hydrogens is 180 g/mol. The molecule has 0 N–H and O–H groups in total. The number of hydrogen-bond acceptors (Lipinski definition) is 3. The number of rotatable bonds is 2. The molecule has 14 heavy (non-hydrogen) atoms. The van der Waals surface area contributed by atoms with Crippen molar-refractivity contribution in [2.24, 2.45) is 0 Å². The first kappa shape index (κ1) is 10.8. The van der Waals surface area contributed by atoms with Crippen molar-refractivity contribution in [3.8, 4) is 0 Å². The molecule has 0 radical (unpaired) electrons. The molecule has 0 bridgehead atoms. The van der Waals surface area contributed by atoms with Gasteiger partial charge in [-0.2, -0.15) is 0 Å². The zero-order valence-electron chi connectivity index (χ0n) is 9.07. The van der Waals surface area contributed by atoms with Gasteiger partial charge in [-0.05, 0) is 27.7 Å². The molecule has 0 aliphatic rings. The molecule has 0 amide bonds. The Bertz CT molecular complexity index is 323. The number of carbonyl (C=O) groups is 1. The van der Waals surface area contributed by atoms with E-state index in [1.165, 1.54) is 0 Å². The molecule has 0 aromatic carbocycles. The van der Waals surface area contributed by atoms with E-state index in [0.29, 0.717) is 0 Å². The van der Waals surface area contributed by atoms with Crippen molar-refractivity contribution in [1.82, 2.24) is 9.55 Å². The number of hydrogen-bond donors (Lipinski definition) is 0. The molecule has 1 aromatic heterocycles. The summed E-state index contributed by atoms with van der Waals surface area (Å²) < 4.78 is 6.94. The van der Waals surface area contributed by atoms with E-state index < -0.39 is 5.60 Å². The maximum Gasteiger partial charge on any atom is 0.326 e. The highest BCUT2D eigenvalue weighted by Gasteiger charge is 2.16. The molecule has 0 spiro atoms. The molecule has 0 fully saturated rings. The van der Waals surface area contributed by atoms with E-state index in [0.717, 1.165) is 5.69 Å². The topological polar surface area (TPSA) is 44.1 Å². The highest BCUT2D eigenvalue weighted by atomic mass is 16.6. The van der Waals surface area contributed by atoms with Crippen LogP contribution >= 0.6 is 0 Å². The number of ether oxygens (including phenoxy) is 1. The summed E-state index contributed by atoms with van der Waals surface area (Å²) in [5, 5.41) is 0. The molecule has 0 saturated heterocycles. The Balaban J connectivity index is 2.54. The van der Waals surface area contributed by atoms with Crippen molar-refractivity contribution in [1.29, 1.82) is 0 Å². The first-order valence-corrected chi connectivity index (χ1v) is 4.57. The van der Waals surface area contributed by atoms with Crippen molar-refractivity contribution < 1.29 is 9.53 Å². The maximum atomic E-state index is 11.4. The van der Waals surface area contributed by atoms with Crippen LogP contribution in [0.3, 0.4) is 0 Å². The molecule has 78 valence electrons. The molecule has 0 saturated carbocycles. The monoisotopic (exact) mass is 196 g/mol. The van der Waals surface area contributed by atoms with E-state index in [-0.39, 0.29) is 12.5 Å². The van der Waals surface area contributed by atoms with Crippen molar-refractivity contribution in [3.05, 3.63) is 18.2 Å². The van der Waals surface area contributed by atoms with E-state index in [1.54, 1.807) is 17.1 Å². The second-order valence-electron chi connectivity index (χ2n) is 4.25. The average Bonchev–Trinajstić information content (AvgIpc) is 2.32. The van der Waals surface area contributed by atoms with Crippen LogP contribution in [0.25, 0.3) is 0 Å². The highest BCUT2D eigenvalue weighted by Crippen LogP contribution is 2.08. The van der Waals surface area contributed by atoms with Crippen LogP contribution < -0.4 is 0 Å². The van der Waals surface area contributed by atoms with E-state index in [2.05, 4.69) is 4.98 Å². The number of carbonyl (C=O) groups excluding carboxylic acids is 1. The van der Waals surface area contributed by atoms with Gasteiger partial charge in [0.05, 0.1) is 6.33 Å². The second kappa shape index (κ2) is 3.82. The predicted octanol–water partition coefficient (Wildman–Crippen LogP) is 1.53. The fraction of sp³-hybridized carbons (Fsp3) is 0.600. The van der Waals surface area contributed by atoms with E-state index in [9.17, 15) is 4.79 Å². The van der Waals surface area contributed by atoms with Crippen LogP contribution in [-0.4, -0.2) is 21.1 Å². The predicted molar refractivity (Wildman–Crippen MR) is 52.8 cm³/mol. The van der Waals surface area contributed by atoms with Crippen molar-refractivity contribution in [2.75, 3.05) is 0 Å². The number of aromatic nitrogens is 2. The summed E-state index contributed by atoms with van der Waals surface area (Å²) in [5.41, 5.74) is 0.529. The van der Waals surface area contributed by atoms with E-state index in [4.69, 9.17) is 4.74 Å². The fourth-order valence-corrected chi connectivity index (χ4v) is 1.07. The van der Waals surface area contributed by atoms with Gasteiger partial charge in [0.2, 0.25) is 0 Å².